The van der Waals surface area contributed by atoms with Gasteiger partial charge in [0.15, 0.2) is 5.65 Å². The van der Waals surface area contributed by atoms with Gasteiger partial charge >= 0.3 is 0 Å². The Morgan fingerprint density at radius 3 is 2.83 bits per heavy atom. The van der Waals surface area contributed by atoms with E-state index < -0.39 is 0 Å². The summed E-state index contributed by atoms with van der Waals surface area (Å²) in [6.45, 7) is 8.45. The molecule has 122 valence electrons. The molecule has 3 aromatic heterocycles. The molecule has 0 aliphatic carbocycles. The van der Waals surface area contributed by atoms with Crippen LogP contribution in [-0.4, -0.2) is 30.1 Å². The van der Waals surface area contributed by atoms with E-state index in [4.69, 9.17) is 4.98 Å². The summed E-state index contributed by atoms with van der Waals surface area (Å²) in [6.07, 6.45) is 5.48. The molecule has 0 bridgehead atoms. The lowest BCUT2D eigenvalue weighted by molar-refractivity contribution is 0.629. The topological polar surface area (TPSA) is 70.9 Å². The molecule has 4 rings (SSSR count). The van der Waals surface area contributed by atoms with Crippen LogP contribution in [0.15, 0.2) is 36.8 Å². The number of nitrogens with one attached hydrogen (secondary N) is 2. The molecule has 4 aromatic rings. The lowest BCUT2D eigenvalue weighted by atomic mass is 10.1. The number of nitrogens with zero attached hydrogens (tertiary/aromatic N) is 4. The standard InChI is InChI=1S/C18H20N6/c1-11-13-9-12(5-6-14(13)23-22-11)16-17(21-18(2,3)4)24-8-7-19-10-15(24)20-16/h5-10,21H,1-4H3,(H,22,23). The van der Waals surface area contributed by atoms with Gasteiger partial charge in [0, 0.05) is 34.6 Å². The number of aryl methyl sites for hydroxylation is 1. The Labute approximate surface area is 139 Å². The maximum absolute atomic E-state index is 4.80. The Balaban J connectivity index is 1.96. The number of imidazole rings is 1. The van der Waals surface area contributed by atoms with Gasteiger partial charge in [-0.3, -0.25) is 14.5 Å². The average Bonchev–Trinajstić information content (AvgIpc) is 3.08. The molecular weight excluding hydrogens is 300 g/mol. The second-order valence-corrected chi connectivity index (χ2v) is 7.07. The van der Waals surface area contributed by atoms with Gasteiger partial charge in [0.1, 0.15) is 11.5 Å². The van der Waals surface area contributed by atoms with Gasteiger partial charge in [-0.2, -0.15) is 5.10 Å². The van der Waals surface area contributed by atoms with Gasteiger partial charge in [-0.15, -0.1) is 0 Å². The number of benzene rings is 1. The summed E-state index contributed by atoms with van der Waals surface area (Å²) in [5, 5.41) is 12.0. The molecule has 0 fully saturated rings. The molecule has 0 amide bonds. The molecule has 0 unspecified atom stereocenters. The molecule has 0 saturated carbocycles. The number of aromatic amines is 1. The van der Waals surface area contributed by atoms with E-state index >= 15 is 0 Å². The second kappa shape index (κ2) is 5.06. The molecular formula is C18H20N6. The van der Waals surface area contributed by atoms with Crippen molar-refractivity contribution in [2.75, 3.05) is 5.32 Å². The molecule has 6 nitrogen and oxygen atoms in total. The SMILES string of the molecule is Cc1[nH]nc2ccc(-c3nc4cnccn4c3NC(C)(C)C)cc12. The van der Waals surface area contributed by atoms with Crippen molar-refractivity contribution >= 4 is 22.4 Å². The van der Waals surface area contributed by atoms with Gasteiger partial charge in [0.2, 0.25) is 0 Å². The molecule has 0 saturated heterocycles. The van der Waals surface area contributed by atoms with Crippen molar-refractivity contribution in [2.24, 2.45) is 0 Å². The van der Waals surface area contributed by atoms with Crippen LogP contribution in [0.5, 0.6) is 0 Å². The first kappa shape index (κ1) is 14.7. The zero-order valence-electron chi connectivity index (χ0n) is 14.3. The van der Waals surface area contributed by atoms with Crippen molar-refractivity contribution in [3.63, 3.8) is 0 Å². The molecule has 2 N–H and O–H groups in total. The van der Waals surface area contributed by atoms with Crippen LogP contribution in [0.25, 0.3) is 27.8 Å². The summed E-state index contributed by atoms with van der Waals surface area (Å²) < 4.78 is 2.04. The Morgan fingerprint density at radius 2 is 2.04 bits per heavy atom. The van der Waals surface area contributed by atoms with E-state index in [2.05, 4.69) is 53.4 Å². The van der Waals surface area contributed by atoms with Gasteiger partial charge in [0.05, 0.1) is 11.7 Å². The number of H-pyrrole nitrogens is 1. The van der Waals surface area contributed by atoms with E-state index in [0.717, 1.165) is 39.3 Å². The van der Waals surface area contributed by atoms with Crippen molar-refractivity contribution in [2.45, 2.75) is 33.2 Å². The molecule has 0 aliphatic heterocycles. The molecule has 6 heteroatoms. The van der Waals surface area contributed by atoms with Crippen LogP contribution >= 0.6 is 0 Å². The summed E-state index contributed by atoms with van der Waals surface area (Å²) in [4.78, 5) is 8.98. The first-order valence-corrected chi connectivity index (χ1v) is 7.98. The smallest absolute Gasteiger partial charge is 0.157 e. The number of hydrogen-bond donors (Lipinski definition) is 2. The molecule has 24 heavy (non-hydrogen) atoms. The van der Waals surface area contributed by atoms with Crippen LogP contribution in [0.3, 0.4) is 0 Å². The predicted molar refractivity (Wildman–Crippen MR) is 96.2 cm³/mol. The van der Waals surface area contributed by atoms with Crippen LogP contribution in [-0.2, 0) is 0 Å². The first-order valence-electron chi connectivity index (χ1n) is 7.98. The summed E-state index contributed by atoms with van der Waals surface area (Å²) in [6, 6.07) is 6.22. The van der Waals surface area contributed by atoms with E-state index in [0.29, 0.717) is 0 Å². The lowest BCUT2D eigenvalue weighted by Crippen LogP contribution is -2.27. The fourth-order valence-electron chi connectivity index (χ4n) is 2.87. The van der Waals surface area contributed by atoms with E-state index in [1.165, 1.54) is 0 Å². The van der Waals surface area contributed by atoms with Crippen LogP contribution < -0.4 is 5.32 Å². The zero-order valence-corrected chi connectivity index (χ0v) is 14.3. The normalized spacial score (nSPS) is 12.2. The predicted octanol–water partition coefficient (Wildman–Crippen LogP) is 3.79. The maximum atomic E-state index is 4.80. The fourth-order valence-corrected chi connectivity index (χ4v) is 2.87. The van der Waals surface area contributed by atoms with E-state index in [1.54, 1.807) is 12.4 Å². The molecule has 3 heterocycles. The highest BCUT2D eigenvalue weighted by molar-refractivity contribution is 5.88. The van der Waals surface area contributed by atoms with Gasteiger partial charge < -0.3 is 5.32 Å². The number of hydrogen-bond acceptors (Lipinski definition) is 4. The van der Waals surface area contributed by atoms with Crippen molar-refractivity contribution in [1.82, 2.24) is 24.6 Å². The monoisotopic (exact) mass is 320 g/mol. The number of rotatable bonds is 2. The third-order valence-electron chi connectivity index (χ3n) is 3.94. The molecule has 0 aliphatic rings. The van der Waals surface area contributed by atoms with Crippen LogP contribution in [0.1, 0.15) is 26.5 Å². The van der Waals surface area contributed by atoms with Gasteiger partial charge in [-0.25, -0.2) is 4.98 Å². The van der Waals surface area contributed by atoms with Crippen LogP contribution in [0, 0.1) is 6.92 Å². The summed E-state index contributed by atoms with van der Waals surface area (Å²) in [5.74, 6) is 0.973. The summed E-state index contributed by atoms with van der Waals surface area (Å²) in [7, 11) is 0. The van der Waals surface area contributed by atoms with Crippen molar-refractivity contribution in [3.8, 4) is 11.3 Å². The quantitative estimate of drug-likeness (QED) is 0.589. The summed E-state index contributed by atoms with van der Waals surface area (Å²) in [5.41, 5.74) is 4.74. The minimum atomic E-state index is -0.0797. The van der Waals surface area contributed by atoms with Gasteiger partial charge in [-0.1, -0.05) is 6.07 Å². The largest absolute Gasteiger partial charge is 0.365 e. The molecule has 1 aromatic carbocycles. The zero-order chi connectivity index (χ0) is 16.9. The van der Waals surface area contributed by atoms with Crippen molar-refractivity contribution in [1.29, 1.82) is 0 Å². The maximum Gasteiger partial charge on any atom is 0.157 e. The van der Waals surface area contributed by atoms with Crippen LogP contribution in [0.4, 0.5) is 5.82 Å². The van der Waals surface area contributed by atoms with Crippen LogP contribution in [0.2, 0.25) is 0 Å². The Bertz CT molecular complexity index is 1030. The van der Waals surface area contributed by atoms with E-state index in [-0.39, 0.29) is 5.54 Å². The number of fused-ring (bicyclic) bond motifs is 2. The van der Waals surface area contributed by atoms with E-state index in [1.807, 2.05) is 23.6 Å². The molecule has 0 radical (unpaired) electrons. The third kappa shape index (κ3) is 2.40. The average molecular weight is 320 g/mol. The highest BCUT2D eigenvalue weighted by atomic mass is 15.2. The van der Waals surface area contributed by atoms with Crippen molar-refractivity contribution in [3.05, 3.63) is 42.5 Å². The Morgan fingerprint density at radius 1 is 1.21 bits per heavy atom. The highest BCUT2D eigenvalue weighted by Gasteiger charge is 2.19. The lowest BCUT2D eigenvalue weighted by Gasteiger charge is -2.22. The molecule has 0 atom stereocenters. The molecule has 0 spiro atoms. The summed E-state index contributed by atoms with van der Waals surface area (Å²) >= 11 is 0. The van der Waals surface area contributed by atoms with Crippen molar-refractivity contribution < 1.29 is 0 Å². The minimum Gasteiger partial charge on any atom is -0.365 e. The fraction of sp³-hybridized carbons (Fsp3) is 0.278. The Kier molecular flexibility index (Phi) is 3.09. The number of aromatic nitrogens is 5. The van der Waals surface area contributed by atoms with E-state index in [9.17, 15) is 0 Å². The first-order chi connectivity index (χ1) is 11.4. The van der Waals surface area contributed by atoms with Gasteiger partial charge in [-0.05, 0) is 39.8 Å². The second-order valence-electron chi connectivity index (χ2n) is 7.07. The number of anilines is 1. The third-order valence-corrected chi connectivity index (χ3v) is 3.94. The van der Waals surface area contributed by atoms with Gasteiger partial charge in [0.25, 0.3) is 0 Å². The Hall–Kier alpha value is -2.89. The minimum absolute atomic E-state index is 0.0797. The highest BCUT2D eigenvalue weighted by Crippen LogP contribution is 2.32.